The number of amides is 1. The van der Waals surface area contributed by atoms with Gasteiger partial charge in [0.1, 0.15) is 6.29 Å². The first-order chi connectivity index (χ1) is 15.5. The molecular weight excluding hydrogens is 434 g/mol. The van der Waals surface area contributed by atoms with Gasteiger partial charge in [-0.05, 0) is 75.6 Å². The summed E-state index contributed by atoms with van der Waals surface area (Å²) < 4.78 is 0. The highest BCUT2D eigenvalue weighted by Crippen LogP contribution is 2.41. The first-order valence-corrected chi connectivity index (χ1v) is 11.6. The lowest BCUT2D eigenvalue weighted by Gasteiger charge is -2.51. The van der Waals surface area contributed by atoms with Crippen LogP contribution >= 0.6 is 11.6 Å². The SMILES string of the molecule is C=CC(=O)N1CC(Nc2ccc(C(C)(C)C=O)c(N(C)C(C)C)c2)(c2cccc(Cl)c2C)C1. The summed E-state index contributed by atoms with van der Waals surface area (Å²) in [4.78, 5) is 28.0. The van der Waals surface area contributed by atoms with Crippen LogP contribution in [0.4, 0.5) is 11.4 Å². The van der Waals surface area contributed by atoms with Crippen LogP contribution in [0.15, 0.2) is 49.1 Å². The number of rotatable bonds is 8. The van der Waals surface area contributed by atoms with E-state index in [2.05, 4.69) is 42.8 Å². The van der Waals surface area contributed by atoms with E-state index in [4.69, 9.17) is 11.6 Å². The molecule has 0 radical (unpaired) electrons. The Kier molecular flexibility index (Phi) is 6.94. The van der Waals surface area contributed by atoms with Crippen LogP contribution in [0.2, 0.25) is 5.02 Å². The zero-order valence-corrected chi connectivity index (χ0v) is 21.2. The van der Waals surface area contributed by atoms with Crippen LogP contribution in [-0.2, 0) is 20.5 Å². The molecule has 0 spiro atoms. The first kappa shape index (κ1) is 24.8. The Balaban J connectivity index is 2.07. The number of anilines is 2. The predicted octanol–water partition coefficient (Wildman–Crippen LogP) is 5.31. The summed E-state index contributed by atoms with van der Waals surface area (Å²) in [5.74, 6) is -0.0876. The van der Waals surface area contributed by atoms with Gasteiger partial charge in [-0.25, -0.2) is 0 Å². The van der Waals surface area contributed by atoms with E-state index < -0.39 is 11.0 Å². The van der Waals surface area contributed by atoms with E-state index in [1.807, 2.05) is 52.1 Å². The minimum absolute atomic E-state index is 0.0876. The van der Waals surface area contributed by atoms with Gasteiger partial charge in [-0.2, -0.15) is 0 Å². The van der Waals surface area contributed by atoms with Crippen molar-refractivity contribution in [1.82, 2.24) is 4.90 Å². The zero-order valence-electron chi connectivity index (χ0n) is 20.4. The van der Waals surface area contributed by atoms with Crippen molar-refractivity contribution in [3.63, 3.8) is 0 Å². The van der Waals surface area contributed by atoms with Crippen LogP contribution in [0.25, 0.3) is 0 Å². The molecule has 0 bridgehead atoms. The van der Waals surface area contributed by atoms with Crippen molar-refractivity contribution in [3.8, 4) is 0 Å². The third-order valence-electron chi connectivity index (χ3n) is 6.72. The maximum atomic E-state index is 12.2. The van der Waals surface area contributed by atoms with E-state index in [9.17, 15) is 9.59 Å². The van der Waals surface area contributed by atoms with Gasteiger partial charge >= 0.3 is 0 Å². The van der Waals surface area contributed by atoms with Gasteiger partial charge in [-0.15, -0.1) is 0 Å². The zero-order chi connectivity index (χ0) is 24.6. The van der Waals surface area contributed by atoms with Crippen molar-refractivity contribution >= 4 is 35.2 Å². The van der Waals surface area contributed by atoms with Gasteiger partial charge in [0, 0.05) is 34.9 Å². The topological polar surface area (TPSA) is 52.7 Å². The molecule has 1 saturated heterocycles. The minimum Gasteiger partial charge on any atom is -0.372 e. The van der Waals surface area contributed by atoms with Crippen molar-refractivity contribution in [2.24, 2.45) is 0 Å². The van der Waals surface area contributed by atoms with Gasteiger partial charge in [0.15, 0.2) is 0 Å². The van der Waals surface area contributed by atoms with Crippen LogP contribution < -0.4 is 10.2 Å². The molecule has 0 atom stereocenters. The van der Waals surface area contributed by atoms with Crippen LogP contribution in [0.1, 0.15) is 44.4 Å². The van der Waals surface area contributed by atoms with E-state index in [1.165, 1.54) is 6.08 Å². The monoisotopic (exact) mass is 467 g/mol. The molecule has 0 saturated carbocycles. The fraction of sp³-hybridized carbons (Fsp3) is 0.407. The molecule has 1 aliphatic rings. The highest BCUT2D eigenvalue weighted by Gasteiger charge is 2.47. The number of nitrogens with zero attached hydrogens (tertiary/aromatic N) is 2. The average molecular weight is 468 g/mol. The van der Waals surface area contributed by atoms with Gasteiger partial charge in [-0.1, -0.05) is 36.4 Å². The molecule has 1 amide bonds. The molecule has 1 aliphatic heterocycles. The van der Waals surface area contributed by atoms with Crippen LogP contribution in [0.5, 0.6) is 0 Å². The Morgan fingerprint density at radius 2 is 1.94 bits per heavy atom. The lowest BCUT2D eigenvalue weighted by atomic mass is 9.79. The van der Waals surface area contributed by atoms with Gasteiger partial charge < -0.3 is 19.9 Å². The number of benzene rings is 2. The Labute approximate surface area is 202 Å². The second-order valence-electron chi connectivity index (χ2n) is 9.79. The predicted molar refractivity (Wildman–Crippen MR) is 137 cm³/mol. The normalized spacial score (nSPS) is 15.1. The third kappa shape index (κ3) is 4.65. The summed E-state index contributed by atoms with van der Waals surface area (Å²) in [6.07, 6.45) is 2.34. The van der Waals surface area contributed by atoms with E-state index in [-0.39, 0.29) is 11.9 Å². The fourth-order valence-electron chi connectivity index (χ4n) is 4.40. The number of carbonyl (C=O) groups excluding carboxylic acids is 2. The molecule has 1 heterocycles. The smallest absolute Gasteiger partial charge is 0.246 e. The Bertz CT molecular complexity index is 1070. The standard InChI is InChI=1S/C27H34ClN3O2/c1-8-25(33)31-15-27(16-31,21-10-9-11-23(28)19(21)4)29-20-12-13-22(26(5,6)17-32)24(14-20)30(7)18(2)3/h8-14,17-18,29H,1,15-16H2,2-7H3. The van der Waals surface area contributed by atoms with E-state index in [0.717, 1.165) is 34.4 Å². The highest BCUT2D eigenvalue weighted by molar-refractivity contribution is 6.31. The lowest BCUT2D eigenvalue weighted by Crippen LogP contribution is -2.65. The van der Waals surface area contributed by atoms with Crippen molar-refractivity contribution in [2.75, 3.05) is 30.4 Å². The van der Waals surface area contributed by atoms with Crippen molar-refractivity contribution in [2.45, 2.75) is 51.6 Å². The molecule has 2 aromatic rings. The average Bonchev–Trinajstić information content (AvgIpc) is 2.76. The van der Waals surface area contributed by atoms with Gasteiger partial charge in [0.2, 0.25) is 5.91 Å². The maximum Gasteiger partial charge on any atom is 0.246 e. The molecule has 0 aromatic heterocycles. The quantitative estimate of drug-likeness (QED) is 0.422. The third-order valence-corrected chi connectivity index (χ3v) is 7.13. The Morgan fingerprint density at radius 3 is 2.52 bits per heavy atom. The molecule has 3 rings (SSSR count). The van der Waals surface area contributed by atoms with E-state index in [1.54, 1.807) is 4.90 Å². The second-order valence-corrected chi connectivity index (χ2v) is 10.2. The molecule has 5 nitrogen and oxygen atoms in total. The van der Waals surface area contributed by atoms with Crippen molar-refractivity contribution in [1.29, 1.82) is 0 Å². The number of hydrogen-bond donors (Lipinski definition) is 1. The minimum atomic E-state index is -0.609. The van der Waals surface area contributed by atoms with E-state index in [0.29, 0.717) is 18.1 Å². The highest BCUT2D eigenvalue weighted by atomic mass is 35.5. The van der Waals surface area contributed by atoms with Gasteiger partial charge in [0.25, 0.3) is 0 Å². The van der Waals surface area contributed by atoms with Crippen LogP contribution in [0, 0.1) is 6.92 Å². The molecular formula is C27H34ClN3O2. The van der Waals surface area contributed by atoms with E-state index >= 15 is 0 Å². The summed E-state index contributed by atoms with van der Waals surface area (Å²) in [6, 6.07) is 12.3. The maximum absolute atomic E-state index is 12.2. The molecule has 33 heavy (non-hydrogen) atoms. The second kappa shape index (κ2) is 9.22. The molecule has 6 heteroatoms. The lowest BCUT2D eigenvalue weighted by molar-refractivity contribution is -0.132. The first-order valence-electron chi connectivity index (χ1n) is 11.2. The molecule has 1 N–H and O–H groups in total. The number of aldehydes is 1. The Morgan fingerprint density at radius 1 is 1.27 bits per heavy atom. The van der Waals surface area contributed by atoms with Gasteiger partial charge in [-0.3, -0.25) is 4.79 Å². The summed E-state index contributed by atoms with van der Waals surface area (Å²) in [6.45, 7) is 14.8. The number of carbonyl (C=O) groups is 2. The molecule has 176 valence electrons. The fourth-order valence-corrected chi connectivity index (χ4v) is 4.57. The molecule has 0 aliphatic carbocycles. The Hall–Kier alpha value is -2.79. The van der Waals surface area contributed by atoms with Crippen molar-refractivity contribution < 1.29 is 9.59 Å². The summed E-state index contributed by atoms with van der Waals surface area (Å²) in [5, 5.41) is 4.41. The van der Waals surface area contributed by atoms with Crippen LogP contribution in [-0.4, -0.2) is 43.3 Å². The number of halogens is 1. The molecule has 2 aromatic carbocycles. The largest absolute Gasteiger partial charge is 0.372 e. The molecule has 0 unspecified atom stereocenters. The van der Waals surface area contributed by atoms with Gasteiger partial charge in [0.05, 0.1) is 18.6 Å². The van der Waals surface area contributed by atoms with Crippen LogP contribution in [0.3, 0.4) is 0 Å². The number of likely N-dealkylation sites (tertiary alicyclic amines) is 1. The summed E-state index contributed by atoms with van der Waals surface area (Å²) >= 11 is 6.45. The number of hydrogen-bond acceptors (Lipinski definition) is 4. The summed E-state index contributed by atoms with van der Waals surface area (Å²) in [5.41, 5.74) is 3.89. The summed E-state index contributed by atoms with van der Waals surface area (Å²) in [7, 11) is 2.04. The van der Waals surface area contributed by atoms with Crippen molar-refractivity contribution in [3.05, 3.63) is 70.8 Å². The molecule has 1 fully saturated rings. The number of nitrogens with one attached hydrogen (secondary N) is 1.